The van der Waals surface area contributed by atoms with Crippen LogP contribution in [0.4, 0.5) is 0 Å². The van der Waals surface area contributed by atoms with E-state index in [1.165, 1.54) is 36.3 Å². The number of nitrogens with zero attached hydrogens (tertiary/aromatic N) is 2. The highest BCUT2D eigenvalue weighted by Gasteiger charge is 2.27. The van der Waals surface area contributed by atoms with Gasteiger partial charge in [0.05, 0.1) is 10.7 Å². The van der Waals surface area contributed by atoms with E-state index < -0.39 is 0 Å². The third kappa shape index (κ3) is 6.57. The Morgan fingerprint density at radius 2 is 1.96 bits per heavy atom. The average molecular weight is 450 g/mol. The molecule has 1 aromatic rings. The fourth-order valence-corrected chi connectivity index (χ4v) is 3.97. The lowest BCUT2D eigenvalue weighted by atomic mass is 9.75. The van der Waals surface area contributed by atoms with E-state index in [0.29, 0.717) is 11.5 Å². The molecule has 1 saturated carbocycles. The van der Waals surface area contributed by atoms with Gasteiger partial charge in [-0.05, 0) is 44.9 Å². The number of aliphatic imine (C=N–C) groups is 1. The molecule has 0 aromatic carbocycles. The highest BCUT2D eigenvalue weighted by atomic mass is 127. The molecule has 132 valence electrons. The lowest BCUT2D eigenvalue weighted by molar-refractivity contribution is 0.216. The molecule has 2 N–H and O–H groups in total. The molecule has 0 bridgehead atoms. The van der Waals surface area contributed by atoms with Gasteiger partial charge in [-0.1, -0.05) is 13.8 Å². The lowest BCUT2D eigenvalue weighted by Gasteiger charge is -2.35. The highest BCUT2D eigenvalue weighted by Crippen LogP contribution is 2.34. The van der Waals surface area contributed by atoms with E-state index in [2.05, 4.69) is 48.3 Å². The van der Waals surface area contributed by atoms with E-state index in [-0.39, 0.29) is 24.0 Å². The normalized spacial score (nSPS) is 18.4. The predicted molar refractivity (Wildman–Crippen MR) is 111 cm³/mol. The second-order valence-corrected chi connectivity index (χ2v) is 8.36. The van der Waals surface area contributed by atoms with Crippen molar-refractivity contribution in [2.45, 2.75) is 65.8 Å². The number of thiazole rings is 1. The molecule has 0 unspecified atom stereocenters. The smallest absolute Gasteiger partial charge is 0.191 e. The van der Waals surface area contributed by atoms with Gasteiger partial charge in [-0.25, -0.2) is 4.98 Å². The van der Waals surface area contributed by atoms with E-state index >= 15 is 0 Å². The maximum Gasteiger partial charge on any atom is 0.191 e. The number of guanidine groups is 1. The van der Waals surface area contributed by atoms with Crippen LogP contribution in [0.15, 0.2) is 4.99 Å². The minimum absolute atomic E-state index is 0. The van der Waals surface area contributed by atoms with E-state index in [1.807, 2.05) is 7.05 Å². The van der Waals surface area contributed by atoms with E-state index in [9.17, 15) is 0 Å². The van der Waals surface area contributed by atoms with Crippen LogP contribution in [0, 0.1) is 19.3 Å². The Labute approximate surface area is 162 Å². The third-order valence-corrected chi connectivity index (χ3v) is 5.68. The molecule has 23 heavy (non-hydrogen) atoms. The number of aryl methyl sites for hydroxylation is 2. The summed E-state index contributed by atoms with van der Waals surface area (Å²) in [5.74, 6) is 0.934. The van der Waals surface area contributed by atoms with Gasteiger partial charge in [-0.15, -0.1) is 35.3 Å². The Bertz CT molecular complexity index is 515. The monoisotopic (exact) mass is 450 g/mol. The minimum Gasteiger partial charge on any atom is -0.356 e. The van der Waals surface area contributed by atoms with Crippen LogP contribution in [0.5, 0.6) is 0 Å². The molecular weight excluding hydrogens is 419 g/mol. The average Bonchev–Trinajstić information content (AvgIpc) is 2.78. The quantitative estimate of drug-likeness (QED) is 0.413. The first-order chi connectivity index (χ1) is 10.4. The van der Waals surface area contributed by atoms with Crippen LogP contribution in [0.2, 0.25) is 0 Å². The summed E-state index contributed by atoms with van der Waals surface area (Å²) in [6.07, 6.45) is 6.07. The Hall–Kier alpha value is -0.370. The SMILES string of the molecule is CN=C(NCCc1sc(C)nc1C)NC1CCC(C)(C)CC1.I. The molecule has 0 aliphatic heterocycles. The molecule has 1 aliphatic carbocycles. The molecule has 1 aromatic heterocycles. The summed E-state index contributed by atoms with van der Waals surface area (Å²) in [5, 5.41) is 8.17. The molecule has 0 spiro atoms. The number of rotatable bonds is 4. The zero-order chi connectivity index (χ0) is 16.2. The van der Waals surface area contributed by atoms with Crippen molar-refractivity contribution in [2.75, 3.05) is 13.6 Å². The van der Waals surface area contributed by atoms with Gasteiger partial charge in [0, 0.05) is 30.9 Å². The summed E-state index contributed by atoms with van der Waals surface area (Å²) >= 11 is 1.80. The minimum atomic E-state index is 0. The molecule has 0 amide bonds. The van der Waals surface area contributed by atoms with Crippen molar-refractivity contribution in [3.63, 3.8) is 0 Å². The Morgan fingerprint density at radius 3 is 2.48 bits per heavy atom. The van der Waals surface area contributed by atoms with Crippen molar-refractivity contribution in [2.24, 2.45) is 10.4 Å². The Morgan fingerprint density at radius 1 is 1.30 bits per heavy atom. The summed E-state index contributed by atoms with van der Waals surface area (Å²) in [4.78, 5) is 10.2. The van der Waals surface area contributed by atoms with E-state index in [4.69, 9.17) is 0 Å². The van der Waals surface area contributed by atoms with E-state index in [0.717, 1.165) is 23.9 Å². The van der Waals surface area contributed by atoms with Gasteiger partial charge in [0.1, 0.15) is 0 Å². The predicted octanol–water partition coefficient (Wildman–Crippen LogP) is 4.05. The summed E-state index contributed by atoms with van der Waals surface area (Å²) in [5.41, 5.74) is 1.68. The standard InChI is InChI=1S/C17H30N4S.HI/c1-12-15(22-13(2)20-12)8-11-19-16(18-5)21-14-6-9-17(3,4)10-7-14;/h14H,6-11H2,1-5H3,(H2,18,19,21);1H. The molecule has 1 heterocycles. The van der Waals surface area contributed by atoms with Crippen LogP contribution in [0.3, 0.4) is 0 Å². The van der Waals surface area contributed by atoms with Crippen LogP contribution >= 0.6 is 35.3 Å². The zero-order valence-corrected chi connectivity index (χ0v) is 18.2. The summed E-state index contributed by atoms with van der Waals surface area (Å²) < 4.78 is 0. The molecule has 6 heteroatoms. The fourth-order valence-electron chi connectivity index (χ4n) is 3.03. The van der Waals surface area contributed by atoms with Crippen LogP contribution in [0.1, 0.15) is 55.1 Å². The number of hydrogen-bond donors (Lipinski definition) is 2. The molecule has 0 saturated heterocycles. The van der Waals surface area contributed by atoms with Gasteiger partial charge in [0.15, 0.2) is 5.96 Å². The first-order valence-corrected chi connectivity index (χ1v) is 9.11. The van der Waals surface area contributed by atoms with Gasteiger partial charge < -0.3 is 10.6 Å². The number of aromatic nitrogens is 1. The van der Waals surface area contributed by atoms with Crippen molar-refractivity contribution in [1.82, 2.24) is 15.6 Å². The van der Waals surface area contributed by atoms with Gasteiger partial charge in [0.2, 0.25) is 0 Å². The second kappa shape index (κ2) is 9.20. The van der Waals surface area contributed by atoms with Gasteiger partial charge in [-0.2, -0.15) is 0 Å². The second-order valence-electron chi connectivity index (χ2n) is 7.07. The highest BCUT2D eigenvalue weighted by molar-refractivity contribution is 14.0. The van der Waals surface area contributed by atoms with Crippen molar-refractivity contribution < 1.29 is 0 Å². The number of halogens is 1. The van der Waals surface area contributed by atoms with Gasteiger partial charge in [0.25, 0.3) is 0 Å². The first kappa shape index (κ1) is 20.7. The molecule has 2 rings (SSSR count). The van der Waals surface area contributed by atoms with Gasteiger partial charge in [-0.3, -0.25) is 4.99 Å². The van der Waals surface area contributed by atoms with Crippen molar-refractivity contribution >= 4 is 41.3 Å². The summed E-state index contributed by atoms with van der Waals surface area (Å²) in [7, 11) is 1.85. The van der Waals surface area contributed by atoms with Crippen LogP contribution in [-0.4, -0.2) is 30.6 Å². The zero-order valence-electron chi connectivity index (χ0n) is 15.0. The fraction of sp³-hybridized carbons (Fsp3) is 0.765. The third-order valence-electron chi connectivity index (χ3n) is 4.55. The summed E-state index contributed by atoms with van der Waals surface area (Å²) in [6.45, 7) is 9.81. The first-order valence-electron chi connectivity index (χ1n) is 8.30. The summed E-state index contributed by atoms with van der Waals surface area (Å²) in [6, 6.07) is 0.562. The molecule has 4 nitrogen and oxygen atoms in total. The molecule has 0 radical (unpaired) electrons. The maximum atomic E-state index is 4.48. The molecule has 1 aliphatic rings. The Kier molecular flexibility index (Phi) is 8.27. The molecular formula is C17H31IN4S. The van der Waals surface area contributed by atoms with Crippen molar-refractivity contribution in [3.05, 3.63) is 15.6 Å². The maximum absolute atomic E-state index is 4.48. The Balaban J connectivity index is 0.00000264. The van der Waals surface area contributed by atoms with Crippen LogP contribution < -0.4 is 10.6 Å². The van der Waals surface area contributed by atoms with E-state index in [1.54, 1.807) is 11.3 Å². The largest absolute Gasteiger partial charge is 0.356 e. The lowest BCUT2D eigenvalue weighted by Crippen LogP contribution is -2.46. The van der Waals surface area contributed by atoms with Crippen LogP contribution in [0.25, 0.3) is 0 Å². The van der Waals surface area contributed by atoms with Crippen molar-refractivity contribution in [3.8, 4) is 0 Å². The molecule has 1 fully saturated rings. The topological polar surface area (TPSA) is 49.3 Å². The van der Waals surface area contributed by atoms with Crippen LogP contribution in [-0.2, 0) is 6.42 Å². The molecule has 0 atom stereocenters. The van der Waals surface area contributed by atoms with Gasteiger partial charge >= 0.3 is 0 Å². The number of hydrogen-bond acceptors (Lipinski definition) is 3. The van der Waals surface area contributed by atoms with Crippen molar-refractivity contribution in [1.29, 1.82) is 0 Å². The number of nitrogens with one attached hydrogen (secondary N) is 2.